The van der Waals surface area contributed by atoms with E-state index in [-0.39, 0.29) is 0 Å². The summed E-state index contributed by atoms with van der Waals surface area (Å²) < 4.78 is 0. The van der Waals surface area contributed by atoms with Gasteiger partial charge in [-0.2, -0.15) is 0 Å². The molecule has 68 valence electrons. The summed E-state index contributed by atoms with van der Waals surface area (Å²) in [5, 5.41) is 0. The minimum absolute atomic E-state index is 0.462. The number of Topliss-reactive ketones (excluding diaryl/α,β-unsaturated/α-hetero) is 1. The molecule has 0 N–H and O–H groups in total. The molecule has 2 aliphatic rings. The van der Waals surface area contributed by atoms with E-state index in [0.29, 0.717) is 11.7 Å². The number of ketones is 1. The first-order valence-corrected chi connectivity index (χ1v) is 5.39. The summed E-state index contributed by atoms with van der Waals surface area (Å²) in [5.41, 5.74) is 0. The Balaban J connectivity index is 2.01. The van der Waals surface area contributed by atoms with Crippen LogP contribution in [0, 0.1) is 11.8 Å². The summed E-state index contributed by atoms with van der Waals surface area (Å²) in [4.78, 5) is 11.6. The van der Waals surface area contributed by atoms with E-state index in [0.717, 1.165) is 18.8 Å². The molecule has 2 unspecified atom stereocenters. The van der Waals surface area contributed by atoms with Crippen LogP contribution in [0.2, 0.25) is 0 Å². The molecule has 0 saturated heterocycles. The number of fused-ring (bicyclic) bond motifs is 2. The smallest absolute Gasteiger partial charge is 0.135 e. The fourth-order valence-electron chi connectivity index (χ4n) is 2.78. The van der Waals surface area contributed by atoms with Crippen LogP contribution in [-0.4, -0.2) is 5.78 Å². The Kier molecular flexibility index (Phi) is 2.48. The number of carbonyl (C=O) groups excluding carboxylic acids is 1. The van der Waals surface area contributed by atoms with Crippen molar-refractivity contribution in [2.24, 2.45) is 11.8 Å². The molecule has 2 bridgehead atoms. The van der Waals surface area contributed by atoms with Crippen molar-refractivity contribution in [1.82, 2.24) is 0 Å². The van der Waals surface area contributed by atoms with E-state index in [1.807, 2.05) is 0 Å². The van der Waals surface area contributed by atoms with Crippen LogP contribution < -0.4 is 0 Å². The Morgan fingerprint density at radius 3 is 2.75 bits per heavy atom. The van der Waals surface area contributed by atoms with Gasteiger partial charge in [0.1, 0.15) is 5.78 Å². The lowest BCUT2D eigenvalue weighted by Gasteiger charge is -2.30. The van der Waals surface area contributed by atoms with Gasteiger partial charge in [-0.15, -0.1) is 0 Å². The molecule has 0 aromatic carbocycles. The predicted octanol–water partition coefficient (Wildman–Crippen LogP) is 2.94. The molecule has 0 heterocycles. The maximum absolute atomic E-state index is 11.6. The summed E-state index contributed by atoms with van der Waals surface area (Å²) in [6.07, 6.45) is 9.83. The molecule has 12 heavy (non-hydrogen) atoms. The van der Waals surface area contributed by atoms with Crippen LogP contribution in [0.1, 0.15) is 51.4 Å². The van der Waals surface area contributed by atoms with E-state index < -0.39 is 0 Å². The minimum atomic E-state index is 0.462. The lowest BCUT2D eigenvalue weighted by atomic mass is 9.74. The molecule has 0 amide bonds. The first kappa shape index (κ1) is 8.28. The molecular weight excluding hydrogens is 148 g/mol. The van der Waals surface area contributed by atoms with Crippen LogP contribution in [0.25, 0.3) is 0 Å². The fourth-order valence-corrected chi connectivity index (χ4v) is 2.78. The quantitative estimate of drug-likeness (QED) is 0.540. The largest absolute Gasteiger partial charge is 0.299 e. The molecule has 0 aromatic heterocycles. The monoisotopic (exact) mass is 166 g/mol. The van der Waals surface area contributed by atoms with Crippen LogP contribution in [-0.2, 0) is 4.79 Å². The molecule has 0 aromatic rings. The zero-order valence-corrected chi connectivity index (χ0v) is 7.72. The van der Waals surface area contributed by atoms with Gasteiger partial charge in [-0.05, 0) is 25.2 Å². The predicted molar refractivity (Wildman–Crippen MR) is 48.9 cm³/mol. The van der Waals surface area contributed by atoms with Gasteiger partial charge in [-0.3, -0.25) is 4.79 Å². The Morgan fingerprint density at radius 2 is 1.83 bits per heavy atom. The van der Waals surface area contributed by atoms with Gasteiger partial charge in [0.15, 0.2) is 0 Å². The lowest BCUT2D eigenvalue weighted by molar-refractivity contribution is -0.125. The number of rotatable bonds is 0. The zero-order valence-electron chi connectivity index (χ0n) is 7.72. The molecule has 1 heteroatoms. The van der Waals surface area contributed by atoms with Gasteiger partial charge < -0.3 is 0 Å². The van der Waals surface area contributed by atoms with Crippen molar-refractivity contribution in [2.75, 3.05) is 0 Å². The van der Waals surface area contributed by atoms with Gasteiger partial charge in [0, 0.05) is 12.3 Å². The average Bonchev–Trinajstić information content (AvgIpc) is 2.11. The first-order valence-electron chi connectivity index (χ1n) is 5.39. The number of carbonyl (C=O) groups is 1. The average molecular weight is 166 g/mol. The van der Waals surface area contributed by atoms with E-state index in [1.165, 1.54) is 38.5 Å². The molecule has 2 aliphatic carbocycles. The van der Waals surface area contributed by atoms with Gasteiger partial charge in [0.2, 0.25) is 0 Å². The summed E-state index contributed by atoms with van der Waals surface area (Å²) in [6, 6.07) is 0. The molecule has 2 rings (SSSR count). The van der Waals surface area contributed by atoms with Crippen molar-refractivity contribution in [1.29, 1.82) is 0 Å². The van der Waals surface area contributed by atoms with Crippen LogP contribution in [0.4, 0.5) is 0 Å². The van der Waals surface area contributed by atoms with Crippen LogP contribution >= 0.6 is 0 Å². The Labute approximate surface area is 74.5 Å². The highest BCUT2D eigenvalue weighted by Crippen LogP contribution is 2.35. The third-order valence-electron chi connectivity index (χ3n) is 3.52. The van der Waals surface area contributed by atoms with Gasteiger partial charge in [0.05, 0.1) is 0 Å². The zero-order chi connectivity index (χ0) is 8.39. The van der Waals surface area contributed by atoms with E-state index in [9.17, 15) is 4.79 Å². The van der Waals surface area contributed by atoms with Crippen molar-refractivity contribution >= 4 is 5.78 Å². The van der Waals surface area contributed by atoms with Crippen molar-refractivity contribution in [2.45, 2.75) is 51.4 Å². The molecule has 0 aliphatic heterocycles. The van der Waals surface area contributed by atoms with E-state index in [4.69, 9.17) is 0 Å². The molecule has 2 fully saturated rings. The molecule has 2 saturated carbocycles. The van der Waals surface area contributed by atoms with Crippen molar-refractivity contribution < 1.29 is 4.79 Å². The SMILES string of the molecule is O=C1CCCCC2CCCC1C2. The van der Waals surface area contributed by atoms with Gasteiger partial charge in [-0.1, -0.05) is 25.7 Å². The fraction of sp³-hybridized carbons (Fsp3) is 0.909. The highest BCUT2D eigenvalue weighted by molar-refractivity contribution is 5.81. The van der Waals surface area contributed by atoms with Crippen molar-refractivity contribution in [3.05, 3.63) is 0 Å². The maximum atomic E-state index is 11.6. The van der Waals surface area contributed by atoms with Gasteiger partial charge >= 0.3 is 0 Å². The third kappa shape index (κ3) is 1.70. The minimum Gasteiger partial charge on any atom is -0.299 e. The first-order chi connectivity index (χ1) is 5.86. The standard InChI is InChI=1S/C11H18O/c12-11-7-2-1-4-9-5-3-6-10(11)8-9/h9-10H,1-8H2. The van der Waals surface area contributed by atoms with Gasteiger partial charge in [-0.25, -0.2) is 0 Å². The normalized spacial score (nSPS) is 37.2. The highest BCUT2D eigenvalue weighted by atomic mass is 16.1. The number of hydrogen-bond acceptors (Lipinski definition) is 1. The summed E-state index contributed by atoms with van der Waals surface area (Å²) in [7, 11) is 0. The topological polar surface area (TPSA) is 17.1 Å². The maximum Gasteiger partial charge on any atom is 0.135 e. The van der Waals surface area contributed by atoms with E-state index in [1.54, 1.807) is 0 Å². The molecule has 1 nitrogen and oxygen atoms in total. The van der Waals surface area contributed by atoms with Crippen molar-refractivity contribution in [3.63, 3.8) is 0 Å². The molecule has 0 radical (unpaired) electrons. The van der Waals surface area contributed by atoms with E-state index in [2.05, 4.69) is 0 Å². The Morgan fingerprint density at radius 1 is 1.00 bits per heavy atom. The van der Waals surface area contributed by atoms with Crippen LogP contribution in [0.3, 0.4) is 0 Å². The molecular formula is C11H18O. The molecule has 2 atom stereocenters. The second-order valence-electron chi connectivity index (χ2n) is 4.44. The second-order valence-corrected chi connectivity index (χ2v) is 4.44. The summed E-state index contributed by atoms with van der Waals surface area (Å²) in [5.74, 6) is 1.93. The Hall–Kier alpha value is -0.330. The third-order valence-corrected chi connectivity index (χ3v) is 3.52. The summed E-state index contributed by atoms with van der Waals surface area (Å²) >= 11 is 0. The highest BCUT2D eigenvalue weighted by Gasteiger charge is 2.27. The van der Waals surface area contributed by atoms with Gasteiger partial charge in [0.25, 0.3) is 0 Å². The summed E-state index contributed by atoms with van der Waals surface area (Å²) in [6.45, 7) is 0. The molecule has 0 spiro atoms. The van der Waals surface area contributed by atoms with Crippen molar-refractivity contribution in [3.8, 4) is 0 Å². The second kappa shape index (κ2) is 3.59. The van der Waals surface area contributed by atoms with Crippen LogP contribution in [0.15, 0.2) is 0 Å². The lowest BCUT2D eigenvalue weighted by Crippen LogP contribution is -2.24. The number of hydrogen-bond donors (Lipinski definition) is 0. The Bertz CT molecular complexity index is 174. The van der Waals surface area contributed by atoms with Crippen LogP contribution in [0.5, 0.6) is 0 Å². The van der Waals surface area contributed by atoms with E-state index >= 15 is 0 Å².